The Morgan fingerprint density at radius 2 is 2.09 bits per heavy atom. The van der Waals surface area contributed by atoms with Crippen molar-refractivity contribution in [2.45, 2.75) is 6.92 Å². The average Bonchev–Trinajstić information content (AvgIpc) is 2.47. The van der Waals surface area contributed by atoms with Crippen LogP contribution in [-0.4, -0.2) is 18.1 Å². The van der Waals surface area contributed by atoms with E-state index in [9.17, 15) is 9.18 Å². The monoisotopic (exact) mass is 320 g/mol. The SMILES string of the molecule is C=C/C=C(\C=C)C(=O)NC(=S)Nc1cc(F)c(C)c(OC)c1. The Hall–Kier alpha value is -2.47. The third kappa shape index (κ3) is 4.53. The lowest BCUT2D eigenvalue weighted by molar-refractivity contribution is -0.115. The number of halogens is 1. The molecule has 116 valence electrons. The number of carbonyl (C=O) groups excluding carboxylic acids is 1. The van der Waals surface area contributed by atoms with E-state index in [0.29, 0.717) is 22.6 Å². The van der Waals surface area contributed by atoms with Crippen LogP contribution in [0.1, 0.15) is 5.56 Å². The summed E-state index contributed by atoms with van der Waals surface area (Å²) < 4.78 is 18.8. The molecule has 1 rings (SSSR count). The van der Waals surface area contributed by atoms with Crippen LogP contribution in [0.25, 0.3) is 0 Å². The maximum atomic E-state index is 13.7. The van der Waals surface area contributed by atoms with Gasteiger partial charge >= 0.3 is 0 Å². The molecule has 6 heteroatoms. The van der Waals surface area contributed by atoms with Crippen molar-refractivity contribution in [3.8, 4) is 5.75 Å². The van der Waals surface area contributed by atoms with Crippen LogP contribution in [0, 0.1) is 12.7 Å². The van der Waals surface area contributed by atoms with Crippen molar-refractivity contribution in [2.75, 3.05) is 12.4 Å². The highest BCUT2D eigenvalue weighted by molar-refractivity contribution is 7.80. The molecule has 0 unspecified atom stereocenters. The second-order valence-electron chi connectivity index (χ2n) is 4.26. The first-order chi connectivity index (χ1) is 10.4. The van der Waals surface area contributed by atoms with Gasteiger partial charge in [-0.05, 0) is 25.2 Å². The molecule has 0 atom stereocenters. The van der Waals surface area contributed by atoms with Crippen LogP contribution in [0.5, 0.6) is 5.75 Å². The minimum atomic E-state index is -0.438. The van der Waals surface area contributed by atoms with E-state index in [0.717, 1.165) is 0 Å². The number of allylic oxidation sites excluding steroid dienone is 2. The summed E-state index contributed by atoms with van der Waals surface area (Å²) in [7, 11) is 1.45. The van der Waals surface area contributed by atoms with Crippen LogP contribution in [0.4, 0.5) is 10.1 Å². The van der Waals surface area contributed by atoms with Crippen LogP contribution < -0.4 is 15.4 Å². The van der Waals surface area contributed by atoms with Gasteiger partial charge < -0.3 is 10.1 Å². The number of hydrogen-bond donors (Lipinski definition) is 2. The van der Waals surface area contributed by atoms with Crippen molar-refractivity contribution in [1.29, 1.82) is 0 Å². The lowest BCUT2D eigenvalue weighted by Gasteiger charge is -2.12. The lowest BCUT2D eigenvalue weighted by atomic mass is 10.2. The van der Waals surface area contributed by atoms with E-state index in [-0.39, 0.29) is 5.11 Å². The predicted molar refractivity (Wildman–Crippen MR) is 90.5 cm³/mol. The number of amides is 1. The Labute approximate surface area is 134 Å². The maximum absolute atomic E-state index is 13.7. The molecule has 0 saturated carbocycles. The first-order valence-electron chi connectivity index (χ1n) is 6.34. The van der Waals surface area contributed by atoms with Crippen molar-refractivity contribution < 1.29 is 13.9 Å². The van der Waals surface area contributed by atoms with Gasteiger partial charge in [0.1, 0.15) is 11.6 Å². The number of carbonyl (C=O) groups is 1. The summed E-state index contributed by atoms with van der Waals surface area (Å²) in [6.07, 6.45) is 4.35. The Morgan fingerprint density at radius 3 is 2.64 bits per heavy atom. The fourth-order valence-corrected chi connectivity index (χ4v) is 1.85. The molecule has 0 spiro atoms. The molecule has 22 heavy (non-hydrogen) atoms. The lowest BCUT2D eigenvalue weighted by Crippen LogP contribution is -2.34. The molecule has 1 amide bonds. The van der Waals surface area contributed by atoms with Gasteiger partial charge in [-0.3, -0.25) is 10.1 Å². The standard InChI is InChI=1S/C16H17FN2O2S/c1-5-7-11(6-2)15(20)19-16(22)18-12-8-13(17)10(3)14(9-12)21-4/h5-9H,1-2H2,3-4H3,(H2,18,19,20,22)/b11-7+. The van der Waals surface area contributed by atoms with Gasteiger partial charge in [0.15, 0.2) is 5.11 Å². The van der Waals surface area contributed by atoms with E-state index in [2.05, 4.69) is 23.8 Å². The molecule has 0 aliphatic carbocycles. The van der Waals surface area contributed by atoms with Crippen molar-refractivity contribution in [2.24, 2.45) is 0 Å². The van der Waals surface area contributed by atoms with E-state index in [1.807, 2.05) is 0 Å². The van der Waals surface area contributed by atoms with Crippen LogP contribution in [0.2, 0.25) is 0 Å². The highest BCUT2D eigenvalue weighted by atomic mass is 32.1. The quantitative estimate of drug-likeness (QED) is 0.497. The van der Waals surface area contributed by atoms with Crippen LogP contribution in [0.15, 0.2) is 49.1 Å². The minimum Gasteiger partial charge on any atom is -0.496 e. The zero-order valence-electron chi connectivity index (χ0n) is 12.4. The summed E-state index contributed by atoms with van der Waals surface area (Å²) in [6.45, 7) is 8.64. The molecule has 1 aromatic rings. The van der Waals surface area contributed by atoms with Crippen LogP contribution in [0.3, 0.4) is 0 Å². The van der Waals surface area contributed by atoms with Gasteiger partial charge in [0.25, 0.3) is 5.91 Å². The summed E-state index contributed by atoms with van der Waals surface area (Å²) in [5.74, 6) is -0.490. The van der Waals surface area contributed by atoms with Gasteiger partial charge in [-0.15, -0.1) is 0 Å². The number of rotatable bonds is 5. The Bertz CT molecular complexity index is 654. The van der Waals surface area contributed by atoms with Crippen molar-refractivity contribution in [3.05, 3.63) is 60.5 Å². The molecule has 4 nitrogen and oxygen atoms in total. The summed E-state index contributed by atoms with van der Waals surface area (Å²) in [6, 6.07) is 2.86. The molecule has 0 fully saturated rings. The van der Waals surface area contributed by atoms with E-state index in [4.69, 9.17) is 17.0 Å². The van der Waals surface area contributed by atoms with E-state index in [1.54, 1.807) is 13.0 Å². The second kappa shape index (κ2) is 8.09. The molecule has 0 radical (unpaired) electrons. The number of ether oxygens (including phenoxy) is 1. The normalized spacial score (nSPS) is 10.6. The first-order valence-corrected chi connectivity index (χ1v) is 6.75. The number of nitrogens with one attached hydrogen (secondary N) is 2. The Morgan fingerprint density at radius 1 is 1.41 bits per heavy atom. The molecule has 0 aliphatic rings. The summed E-state index contributed by atoms with van der Waals surface area (Å²) in [5, 5.41) is 5.23. The number of thiocarbonyl (C=S) groups is 1. The largest absolute Gasteiger partial charge is 0.496 e. The minimum absolute atomic E-state index is 0.0344. The van der Waals surface area contributed by atoms with Gasteiger partial charge in [-0.1, -0.05) is 31.4 Å². The highest BCUT2D eigenvalue weighted by Gasteiger charge is 2.11. The van der Waals surface area contributed by atoms with Gasteiger partial charge in [-0.2, -0.15) is 0 Å². The van der Waals surface area contributed by atoms with E-state index >= 15 is 0 Å². The third-order valence-corrected chi connectivity index (χ3v) is 2.99. The number of anilines is 1. The number of methoxy groups -OCH3 is 1. The van der Waals surface area contributed by atoms with Crippen LogP contribution in [-0.2, 0) is 4.79 Å². The number of benzene rings is 1. The fraction of sp³-hybridized carbons (Fsp3) is 0.125. The van der Waals surface area contributed by atoms with Crippen LogP contribution >= 0.6 is 12.2 Å². The first kappa shape index (κ1) is 17.6. The van der Waals surface area contributed by atoms with Crippen molar-refractivity contribution >= 4 is 28.9 Å². The zero-order valence-corrected chi connectivity index (χ0v) is 13.2. The van der Waals surface area contributed by atoms with Gasteiger partial charge in [0.2, 0.25) is 0 Å². The van der Waals surface area contributed by atoms with E-state index in [1.165, 1.54) is 31.4 Å². The third-order valence-electron chi connectivity index (χ3n) is 2.78. The molecule has 1 aromatic carbocycles. The number of hydrogen-bond acceptors (Lipinski definition) is 3. The molecule has 0 aliphatic heterocycles. The predicted octanol–water partition coefficient (Wildman–Crippen LogP) is 3.25. The Kier molecular flexibility index (Phi) is 6.47. The average molecular weight is 320 g/mol. The molecule has 0 saturated heterocycles. The molecule has 2 N–H and O–H groups in total. The topological polar surface area (TPSA) is 50.4 Å². The highest BCUT2D eigenvalue weighted by Crippen LogP contribution is 2.25. The molecule has 0 heterocycles. The van der Waals surface area contributed by atoms with Crippen molar-refractivity contribution in [1.82, 2.24) is 5.32 Å². The van der Waals surface area contributed by atoms with Crippen molar-refractivity contribution in [3.63, 3.8) is 0 Å². The molecular formula is C16H17FN2O2S. The van der Waals surface area contributed by atoms with E-state index < -0.39 is 11.7 Å². The smallest absolute Gasteiger partial charge is 0.257 e. The van der Waals surface area contributed by atoms with Gasteiger partial charge in [0.05, 0.1) is 7.11 Å². The second-order valence-corrected chi connectivity index (χ2v) is 4.66. The summed E-state index contributed by atoms with van der Waals surface area (Å²) in [5.41, 5.74) is 1.08. The van der Waals surface area contributed by atoms with Gasteiger partial charge in [-0.25, -0.2) is 4.39 Å². The van der Waals surface area contributed by atoms with Gasteiger partial charge in [0, 0.05) is 22.9 Å². The Balaban J connectivity index is 2.84. The molecule has 0 aromatic heterocycles. The summed E-state index contributed by atoms with van der Waals surface area (Å²) >= 11 is 5.03. The zero-order chi connectivity index (χ0) is 16.7. The molecular weight excluding hydrogens is 303 g/mol. The summed E-state index contributed by atoms with van der Waals surface area (Å²) in [4.78, 5) is 11.9. The maximum Gasteiger partial charge on any atom is 0.257 e. The fourth-order valence-electron chi connectivity index (χ4n) is 1.64. The molecule has 0 bridgehead atoms.